The van der Waals surface area contributed by atoms with Crippen LogP contribution < -0.4 is 0 Å². The van der Waals surface area contributed by atoms with E-state index in [1.54, 1.807) is 11.3 Å². The van der Waals surface area contributed by atoms with Gasteiger partial charge in [-0.25, -0.2) is 4.98 Å². The van der Waals surface area contributed by atoms with Crippen LogP contribution in [0.4, 0.5) is 0 Å². The van der Waals surface area contributed by atoms with Crippen LogP contribution in [0, 0.1) is 0 Å². The van der Waals surface area contributed by atoms with Crippen LogP contribution in [0.15, 0.2) is 188 Å². The van der Waals surface area contributed by atoms with Crippen molar-refractivity contribution < 1.29 is 0 Å². The summed E-state index contributed by atoms with van der Waals surface area (Å²) in [6.07, 6.45) is 0. The van der Waals surface area contributed by atoms with Gasteiger partial charge in [-0.2, -0.15) is 9.97 Å². The van der Waals surface area contributed by atoms with Crippen molar-refractivity contribution in [3.05, 3.63) is 188 Å². The van der Waals surface area contributed by atoms with E-state index >= 15 is 0 Å². The molecule has 6 heteroatoms. The van der Waals surface area contributed by atoms with Gasteiger partial charge in [-0.1, -0.05) is 146 Å². The smallest absolute Gasteiger partial charge is 0.238 e. The van der Waals surface area contributed by atoms with Crippen molar-refractivity contribution in [2.75, 3.05) is 0 Å². The average Bonchev–Trinajstić information content (AvgIpc) is 3.94. The lowest BCUT2D eigenvalue weighted by Crippen LogP contribution is -2.06. The Hall–Kier alpha value is -7.41. The number of para-hydroxylation sites is 2. The van der Waals surface area contributed by atoms with Gasteiger partial charge in [-0.05, 0) is 53.6 Å². The van der Waals surface area contributed by atoms with Crippen LogP contribution in [-0.2, 0) is 0 Å². The fourth-order valence-electron chi connectivity index (χ4n) is 8.60. The number of rotatable bonds is 5. The van der Waals surface area contributed by atoms with Gasteiger partial charge in [0.05, 0.1) is 22.1 Å². The van der Waals surface area contributed by atoms with Crippen LogP contribution in [0.5, 0.6) is 0 Å². The summed E-state index contributed by atoms with van der Waals surface area (Å²) in [6.45, 7) is 0. The van der Waals surface area contributed by atoms with Gasteiger partial charge in [0.25, 0.3) is 0 Å². The first-order chi connectivity index (χ1) is 28.3. The maximum atomic E-state index is 5.31. The minimum Gasteiger partial charge on any atom is -0.309 e. The van der Waals surface area contributed by atoms with Crippen molar-refractivity contribution in [1.82, 2.24) is 24.1 Å². The third-order valence-corrected chi connectivity index (χ3v) is 12.3. The molecule has 0 bridgehead atoms. The second-order valence-corrected chi connectivity index (χ2v) is 15.5. The highest BCUT2D eigenvalue weighted by Crippen LogP contribution is 2.42. The van der Waals surface area contributed by atoms with Crippen molar-refractivity contribution in [3.63, 3.8) is 0 Å². The molecule has 0 radical (unpaired) electrons. The lowest BCUT2D eigenvalue weighted by Gasteiger charge is -2.12. The predicted molar refractivity (Wildman–Crippen MR) is 238 cm³/mol. The molecule has 0 spiro atoms. The van der Waals surface area contributed by atoms with Crippen LogP contribution in [0.1, 0.15) is 0 Å². The molecule has 0 amide bonds. The average molecular weight is 746 g/mol. The molecule has 4 aromatic heterocycles. The second kappa shape index (κ2) is 12.6. The van der Waals surface area contributed by atoms with Gasteiger partial charge in [-0.15, -0.1) is 11.3 Å². The molecule has 12 rings (SSSR count). The molecule has 0 unspecified atom stereocenters. The van der Waals surface area contributed by atoms with Crippen molar-refractivity contribution in [1.29, 1.82) is 0 Å². The van der Waals surface area contributed by atoms with Crippen molar-refractivity contribution in [2.45, 2.75) is 0 Å². The maximum Gasteiger partial charge on any atom is 0.238 e. The largest absolute Gasteiger partial charge is 0.309 e. The van der Waals surface area contributed by atoms with Gasteiger partial charge < -0.3 is 4.57 Å². The number of fused-ring (bicyclic) bond motifs is 10. The Kier molecular flexibility index (Phi) is 7.03. The number of hydrogen-bond donors (Lipinski definition) is 0. The molecule has 0 saturated heterocycles. The van der Waals surface area contributed by atoms with Gasteiger partial charge in [0.1, 0.15) is 0 Å². The van der Waals surface area contributed by atoms with E-state index in [-0.39, 0.29) is 0 Å². The summed E-state index contributed by atoms with van der Waals surface area (Å²) in [4.78, 5) is 15.7. The van der Waals surface area contributed by atoms with Gasteiger partial charge in [0, 0.05) is 58.5 Å². The summed E-state index contributed by atoms with van der Waals surface area (Å²) in [5.74, 6) is 1.85. The summed E-state index contributed by atoms with van der Waals surface area (Å²) in [5.41, 5.74) is 9.77. The molecular formula is C51H31N5S. The third kappa shape index (κ3) is 4.98. The number of hydrogen-bond acceptors (Lipinski definition) is 4. The molecule has 0 aliphatic heterocycles. The van der Waals surface area contributed by atoms with E-state index in [1.807, 2.05) is 18.2 Å². The number of thiophene rings is 1. The van der Waals surface area contributed by atoms with E-state index in [0.717, 1.165) is 49.7 Å². The standard InChI is InChI=1S/C51H31N5S/c1-3-13-32(14-4-1)33-23-26-36(27-24-33)55-42-20-10-7-17-37(42)40-29-30-44-47(48(40)55)41-19-8-11-21-43(41)56(44)51-53-49(34-15-5-2-6-16-34)52-50(54-51)35-25-28-39-38-18-9-12-22-45(38)57-46(39)31-35/h1-31H. The number of nitrogens with zero attached hydrogens (tertiary/aromatic N) is 5. The normalized spacial score (nSPS) is 11.9. The second-order valence-electron chi connectivity index (χ2n) is 14.4. The quantitative estimate of drug-likeness (QED) is 0.176. The van der Waals surface area contributed by atoms with E-state index in [2.05, 4.69) is 179 Å². The maximum absolute atomic E-state index is 5.31. The highest BCUT2D eigenvalue weighted by atomic mass is 32.1. The first-order valence-corrected chi connectivity index (χ1v) is 19.9. The molecule has 0 fully saturated rings. The van der Waals surface area contributed by atoms with Crippen molar-refractivity contribution >= 4 is 75.1 Å². The zero-order valence-corrected chi connectivity index (χ0v) is 31.4. The minimum atomic E-state index is 0.579. The van der Waals surface area contributed by atoms with Crippen LogP contribution in [0.2, 0.25) is 0 Å². The number of aromatic nitrogens is 5. The SMILES string of the molecule is c1ccc(-c2ccc(-n3c4ccccc4c4ccc5c(c6ccccc6n5-c5nc(-c6ccccc6)nc(-c6ccc7c(c6)sc6ccccc67)n5)c43)cc2)cc1. The van der Waals surface area contributed by atoms with Gasteiger partial charge >= 0.3 is 0 Å². The van der Waals surface area contributed by atoms with Crippen molar-refractivity contribution in [2.24, 2.45) is 0 Å². The van der Waals surface area contributed by atoms with E-state index in [0.29, 0.717) is 17.6 Å². The molecule has 5 nitrogen and oxygen atoms in total. The highest BCUT2D eigenvalue weighted by Gasteiger charge is 2.23. The van der Waals surface area contributed by atoms with Gasteiger partial charge in [0.2, 0.25) is 5.95 Å². The lowest BCUT2D eigenvalue weighted by molar-refractivity contribution is 0.954. The number of benzene rings is 8. The molecule has 266 valence electrons. The third-order valence-electron chi connectivity index (χ3n) is 11.2. The van der Waals surface area contributed by atoms with Crippen LogP contribution in [0.3, 0.4) is 0 Å². The summed E-state index contributed by atoms with van der Waals surface area (Å²) in [6, 6.07) is 66.7. The first kappa shape index (κ1) is 31.9. The molecule has 0 aliphatic rings. The molecule has 57 heavy (non-hydrogen) atoms. The Morgan fingerprint density at radius 3 is 1.68 bits per heavy atom. The topological polar surface area (TPSA) is 48.5 Å². The monoisotopic (exact) mass is 745 g/mol. The molecule has 8 aromatic carbocycles. The Bertz CT molecular complexity index is 3510. The Balaban J connectivity index is 1.13. The zero-order valence-electron chi connectivity index (χ0n) is 30.5. The molecule has 4 heterocycles. The molecule has 0 N–H and O–H groups in total. The summed E-state index contributed by atoms with van der Waals surface area (Å²) >= 11 is 1.80. The minimum absolute atomic E-state index is 0.579. The molecule has 0 saturated carbocycles. The van der Waals surface area contributed by atoms with Crippen LogP contribution in [0.25, 0.3) is 109 Å². The van der Waals surface area contributed by atoms with Crippen molar-refractivity contribution in [3.8, 4) is 45.5 Å². The summed E-state index contributed by atoms with van der Waals surface area (Å²) < 4.78 is 7.13. The highest BCUT2D eigenvalue weighted by molar-refractivity contribution is 7.25. The first-order valence-electron chi connectivity index (χ1n) is 19.1. The fraction of sp³-hybridized carbons (Fsp3) is 0. The molecule has 12 aromatic rings. The van der Waals surface area contributed by atoms with Gasteiger partial charge in [-0.3, -0.25) is 4.57 Å². The summed E-state index contributed by atoms with van der Waals surface area (Å²) in [7, 11) is 0. The van der Waals surface area contributed by atoms with E-state index in [9.17, 15) is 0 Å². The van der Waals surface area contributed by atoms with E-state index in [1.165, 1.54) is 42.1 Å². The van der Waals surface area contributed by atoms with E-state index < -0.39 is 0 Å². The predicted octanol–water partition coefficient (Wildman–Crippen LogP) is 13.4. The Morgan fingerprint density at radius 1 is 0.351 bits per heavy atom. The fourth-order valence-corrected chi connectivity index (χ4v) is 9.75. The zero-order chi connectivity index (χ0) is 37.5. The lowest BCUT2D eigenvalue weighted by atomic mass is 10.1. The van der Waals surface area contributed by atoms with Crippen LogP contribution in [-0.4, -0.2) is 24.1 Å². The van der Waals surface area contributed by atoms with Gasteiger partial charge in [0.15, 0.2) is 11.6 Å². The van der Waals surface area contributed by atoms with Crippen LogP contribution >= 0.6 is 11.3 Å². The molecule has 0 aliphatic carbocycles. The summed E-state index contributed by atoms with van der Waals surface area (Å²) in [5, 5.41) is 7.22. The molecular weight excluding hydrogens is 715 g/mol. The Morgan fingerprint density at radius 2 is 0.912 bits per heavy atom. The molecule has 0 atom stereocenters. The van der Waals surface area contributed by atoms with E-state index in [4.69, 9.17) is 15.0 Å². The Labute approximate surface area is 331 Å².